The van der Waals surface area contributed by atoms with Gasteiger partial charge in [-0.3, -0.25) is 9.89 Å². The molecule has 0 bridgehead atoms. The summed E-state index contributed by atoms with van der Waals surface area (Å²) in [7, 11) is 1.88. The van der Waals surface area contributed by atoms with E-state index in [1.807, 2.05) is 24.7 Å². The number of amides is 1. The molecule has 0 aromatic carbocycles. The zero-order valence-electron chi connectivity index (χ0n) is 13.5. The van der Waals surface area contributed by atoms with Gasteiger partial charge in [-0.05, 0) is 18.9 Å². The van der Waals surface area contributed by atoms with Gasteiger partial charge in [0.05, 0.1) is 11.7 Å². The number of aryl methyl sites for hydroxylation is 2. The molecule has 0 aliphatic heterocycles. The van der Waals surface area contributed by atoms with Crippen molar-refractivity contribution in [1.82, 2.24) is 25.1 Å². The molecule has 3 rings (SSSR count). The summed E-state index contributed by atoms with van der Waals surface area (Å²) in [4.78, 5) is 16.5. The maximum atomic E-state index is 12.1. The maximum Gasteiger partial charge on any atom is 0.252 e. The minimum absolute atomic E-state index is 0.0382. The third-order valence-corrected chi connectivity index (χ3v) is 4.53. The Morgan fingerprint density at radius 1 is 1.52 bits per heavy atom. The SMILES string of the molecule is CCc1nc([C@H]2C[C@H](CNC(=O)c3ccn(C)c3)[C@H](O)C2)n[nH]1. The number of hydrogen-bond acceptors (Lipinski definition) is 4. The summed E-state index contributed by atoms with van der Waals surface area (Å²) in [6.07, 6.45) is 5.44. The van der Waals surface area contributed by atoms with Gasteiger partial charge in [-0.1, -0.05) is 6.92 Å². The molecule has 7 nitrogen and oxygen atoms in total. The molecule has 0 radical (unpaired) electrons. The number of carbonyl (C=O) groups is 1. The Bertz CT molecular complexity index is 678. The van der Waals surface area contributed by atoms with Crippen LogP contribution in [0.4, 0.5) is 0 Å². The van der Waals surface area contributed by atoms with E-state index in [1.165, 1.54) is 0 Å². The van der Waals surface area contributed by atoms with Crippen molar-refractivity contribution < 1.29 is 9.90 Å². The van der Waals surface area contributed by atoms with Crippen molar-refractivity contribution in [3.63, 3.8) is 0 Å². The van der Waals surface area contributed by atoms with E-state index < -0.39 is 6.10 Å². The summed E-state index contributed by atoms with van der Waals surface area (Å²) in [5.41, 5.74) is 0.637. The largest absolute Gasteiger partial charge is 0.393 e. The molecule has 0 saturated heterocycles. The van der Waals surface area contributed by atoms with Gasteiger partial charge in [-0.2, -0.15) is 5.10 Å². The molecule has 1 saturated carbocycles. The monoisotopic (exact) mass is 317 g/mol. The fourth-order valence-electron chi connectivity index (χ4n) is 3.15. The molecule has 3 atom stereocenters. The first kappa shape index (κ1) is 15.7. The fraction of sp³-hybridized carbons (Fsp3) is 0.562. The normalized spacial score (nSPS) is 24.0. The van der Waals surface area contributed by atoms with E-state index in [9.17, 15) is 9.90 Å². The number of hydrogen-bond donors (Lipinski definition) is 3. The lowest BCUT2D eigenvalue weighted by Gasteiger charge is -2.14. The topological polar surface area (TPSA) is 95.8 Å². The molecular weight excluding hydrogens is 294 g/mol. The number of aromatic nitrogens is 4. The molecule has 3 N–H and O–H groups in total. The Hall–Kier alpha value is -2.15. The molecular formula is C16H23N5O2. The maximum absolute atomic E-state index is 12.1. The van der Waals surface area contributed by atoms with Crippen molar-refractivity contribution in [2.75, 3.05) is 6.54 Å². The smallest absolute Gasteiger partial charge is 0.252 e. The number of rotatable bonds is 5. The van der Waals surface area contributed by atoms with Gasteiger partial charge >= 0.3 is 0 Å². The van der Waals surface area contributed by atoms with Crippen LogP contribution < -0.4 is 5.32 Å². The van der Waals surface area contributed by atoms with E-state index in [1.54, 1.807) is 12.3 Å². The molecule has 23 heavy (non-hydrogen) atoms. The zero-order chi connectivity index (χ0) is 16.4. The van der Waals surface area contributed by atoms with Gasteiger partial charge in [0.25, 0.3) is 5.91 Å². The molecule has 1 aliphatic carbocycles. The predicted octanol–water partition coefficient (Wildman–Crippen LogP) is 0.990. The van der Waals surface area contributed by atoms with Crippen LogP contribution in [0.3, 0.4) is 0 Å². The average molecular weight is 317 g/mol. The lowest BCUT2D eigenvalue weighted by Crippen LogP contribution is -2.32. The Balaban J connectivity index is 1.55. The van der Waals surface area contributed by atoms with Gasteiger partial charge < -0.3 is 15.0 Å². The van der Waals surface area contributed by atoms with Crippen molar-refractivity contribution in [1.29, 1.82) is 0 Å². The predicted molar refractivity (Wildman–Crippen MR) is 85.0 cm³/mol. The summed E-state index contributed by atoms with van der Waals surface area (Å²) < 4.78 is 1.84. The molecule has 1 amide bonds. The molecule has 0 spiro atoms. The highest BCUT2D eigenvalue weighted by molar-refractivity contribution is 5.93. The Morgan fingerprint density at radius 3 is 3.00 bits per heavy atom. The van der Waals surface area contributed by atoms with Crippen molar-refractivity contribution in [3.8, 4) is 0 Å². The second-order valence-electron chi connectivity index (χ2n) is 6.27. The van der Waals surface area contributed by atoms with Gasteiger partial charge in [0.2, 0.25) is 0 Å². The minimum Gasteiger partial charge on any atom is -0.393 e. The zero-order valence-corrected chi connectivity index (χ0v) is 13.5. The van der Waals surface area contributed by atoms with Gasteiger partial charge in [-0.15, -0.1) is 0 Å². The number of aliphatic hydroxyl groups excluding tert-OH is 1. The quantitative estimate of drug-likeness (QED) is 0.766. The van der Waals surface area contributed by atoms with E-state index in [-0.39, 0.29) is 17.7 Å². The second kappa shape index (κ2) is 6.54. The fourth-order valence-corrected chi connectivity index (χ4v) is 3.15. The summed E-state index contributed by atoms with van der Waals surface area (Å²) >= 11 is 0. The summed E-state index contributed by atoms with van der Waals surface area (Å²) in [5.74, 6) is 1.73. The van der Waals surface area contributed by atoms with E-state index in [0.29, 0.717) is 18.5 Å². The standard InChI is InChI=1S/C16H23N5O2/c1-3-14-18-15(20-19-14)11-6-12(13(22)7-11)8-17-16(23)10-4-5-21(2)9-10/h4-5,9,11-13,22H,3,6-8H2,1-2H3,(H,17,23)(H,18,19,20)/t11-,12+,13+/m0/s1. The van der Waals surface area contributed by atoms with E-state index >= 15 is 0 Å². The van der Waals surface area contributed by atoms with Crippen LogP contribution >= 0.6 is 0 Å². The van der Waals surface area contributed by atoms with Gasteiger partial charge in [0, 0.05) is 44.2 Å². The molecule has 124 valence electrons. The van der Waals surface area contributed by atoms with Crippen LogP contribution in [0.5, 0.6) is 0 Å². The lowest BCUT2D eigenvalue weighted by molar-refractivity contribution is 0.0916. The first-order chi connectivity index (χ1) is 11.1. The molecule has 2 heterocycles. The van der Waals surface area contributed by atoms with Gasteiger partial charge in [0.1, 0.15) is 5.82 Å². The van der Waals surface area contributed by atoms with Crippen LogP contribution in [0.15, 0.2) is 18.5 Å². The molecule has 2 aromatic heterocycles. The Kier molecular flexibility index (Phi) is 4.47. The van der Waals surface area contributed by atoms with Crippen LogP contribution in [-0.2, 0) is 13.5 Å². The molecule has 1 aliphatic rings. The minimum atomic E-state index is -0.431. The van der Waals surface area contributed by atoms with Crippen LogP contribution in [0.25, 0.3) is 0 Å². The summed E-state index contributed by atoms with van der Waals surface area (Å²) in [6.45, 7) is 2.49. The second-order valence-corrected chi connectivity index (χ2v) is 6.27. The highest BCUT2D eigenvalue weighted by Crippen LogP contribution is 2.36. The highest BCUT2D eigenvalue weighted by Gasteiger charge is 2.35. The van der Waals surface area contributed by atoms with Crippen molar-refractivity contribution in [2.45, 2.75) is 38.2 Å². The summed E-state index contributed by atoms with van der Waals surface area (Å²) in [6, 6.07) is 1.78. The summed E-state index contributed by atoms with van der Waals surface area (Å²) in [5, 5.41) is 20.3. The average Bonchev–Trinajstić information content (AvgIpc) is 3.24. The van der Waals surface area contributed by atoms with Gasteiger partial charge in [0.15, 0.2) is 5.82 Å². The Morgan fingerprint density at radius 2 is 2.35 bits per heavy atom. The molecule has 7 heteroatoms. The molecule has 0 unspecified atom stereocenters. The number of H-pyrrole nitrogens is 1. The lowest BCUT2D eigenvalue weighted by atomic mass is 10.0. The van der Waals surface area contributed by atoms with Crippen molar-refractivity contribution in [3.05, 3.63) is 35.7 Å². The Labute approximate surface area is 135 Å². The van der Waals surface area contributed by atoms with E-state index in [2.05, 4.69) is 20.5 Å². The van der Waals surface area contributed by atoms with Crippen molar-refractivity contribution >= 4 is 5.91 Å². The van der Waals surface area contributed by atoms with E-state index in [4.69, 9.17) is 0 Å². The number of nitrogens with zero attached hydrogens (tertiary/aromatic N) is 3. The first-order valence-electron chi connectivity index (χ1n) is 8.06. The van der Waals surface area contributed by atoms with Crippen LogP contribution in [0.2, 0.25) is 0 Å². The molecule has 1 fully saturated rings. The number of aliphatic hydroxyl groups is 1. The number of nitrogens with one attached hydrogen (secondary N) is 2. The molecule has 2 aromatic rings. The third kappa shape index (κ3) is 3.44. The van der Waals surface area contributed by atoms with Crippen LogP contribution in [-0.4, -0.2) is 43.4 Å². The number of carbonyl (C=O) groups excluding carboxylic acids is 1. The first-order valence-corrected chi connectivity index (χ1v) is 8.06. The van der Waals surface area contributed by atoms with Gasteiger partial charge in [-0.25, -0.2) is 4.98 Å². The van der Waals surface area contributed by atoms with Crippen molar-refractivity contribution in [2.24, 2.45) is 13.0 Å². The highest BCUT2D eigenvalue weighted by atomic mass is 16.3. The number of aromatic amines is 1. The van der Waals surface area contributed by atoms with E-state index in [0.717, 1.165) is 24.5 Å². The van der Waals surface area contributed by atoms with Crippen LogP contribution in [0, 0.1) is 5.92 Å². The van der Waals surface area contributed by atoms with Crippen LogP contribution in [0.1, 0.15) is 47.7 Å². The third-order valence-electron chi connectivity index (χ3n) is 4.53.